The van der Waals surface area contributed by atoms with Crippen LogP contribution in [-0.4, -0.2) is 16.7 Å². The Morgan fingerprint density at radius 2 is 1.92 bits per heavy atom. The Labute approximate surface area is 147 Å². The monoisotopic (exact) mass is 340 g/mol. The van der Waals surface area contributed by atoms with E-state index in [0.29, 0.717) is 18.2 Å². The van der Waals surface area contributed by atoms with E-state index in [1.165, 1.54) is 5.56 Å². The number of fused-ring (bicyclic) bond motifs is 3. The van der Waals surface area contributed by atoms with Gasteiger partial charge in [-0.1, -0.05) is 35.9 Å². The van der Waals surface area contributed by atoms with Crippen LogP contribution in [0.1, 0.15) is 36.4 Å². The van der Waals surface area contributed by atoms with Crippen LogP contribution in [0.5, 0.6) is 0 Å². The zero-order valence-corrected chi connectivity index (χ0v) is 14.2. The van der Waals surface area contributed by atoms with E-state index in [0.717, 1.165) is 35.7 Å². The summed E-state index contributed by atoms with van der Waals surface area (Å²) in [6.45, 7) is 0.838. The number of hydrogen-bond acceptors (Lipinski definition) is 3. The SMILES string of the molecule is Nc1cccc(C2C3CCC(CC3=O)N2Cc2ccc(Cl)cc2)c1. The highest BCUT2D eigenvalue weighted by atomic mass is 35.5. The molecule has 3 fully saturated rings. The van der Waals surface area contributed by atoms with Crippen LogP contribution in [0, 0.1) is 5.92 Å². The lowest BCUT2D eigenvalue weighted by Gasteiger charge is -2.51. The van der Waals surface area contributed by atoms with E-state index in [4.69, 9.17) is 17.3 Å². The van der Waals surface area contributed by atoms with Crippen LogP contribution < -0.4 is 5.73 Å². The first-order chi connectivity index (χ1) is 11.6. The third-order valence-electron chi connectivity index (χ3n) is 5.40. The third-order valence-corrected chi connectivity index (χ3v) is 5.65. The number of carbonyl (C=O) groups excluding carboxylic acids is 1. The van der Waals surface area contributed by atoms with Crippen LogP contribution in [0.2, 0.25) is 5.02 Å². The molecule has 3 nitrogen and oxygen atoms in total. The van der Waals surface area contributed by atoms with Crippen molar-refractivity contribution in [2.75, 3.05) is 5.73 Å². The van der Waals surface area contributed by atoms with E-state index in [1.807, 2.05) is 30.3 Å². The molecule has 0 amide bonds. The molecule has 3 unspecified atom stereocenters. The van der Waals surface area contributed by atoms with Crippen molar-refractivity contribution in [2.45, 2.75) is 37.9 Å². The minimum absolute atomic E-state index is 0.0871. The second-order valence-corrected chi connectivity index (χ2v) is 7.36. The lowest BCUT2D eigenvalue weighted by Crippen LogP contribution is -2.53. The first kappa shape index (κ1) is 15.7. The average Bonchev–Trinajstić information content (AvgIpc) is 2.58. The molecule has 24 heavy (non-hydrogen) atoms. The second-order valence-electron chi connectivity index (χ2n) is 6.92. The first-order valence-electron chi connectivity index (χ1n) is 8.50. The maximum atomic E-state index is 12.5. The molecular weight excluding hydrogens is 320 g/mol. The minimum Gasteiger partial charge on any atom is -0.399 e. The van der Waals surface area contributed by atoms with Crippen molar-refractivity contribution < 1.29 is 4.79 Å². The van der Waals surface area contributed by atoms with Gasteiger partial charge in [-0.3, -0.25) is 9.69 Å². The topological polar surface area (TPSA) is 46.3 Å². The lowest BCUT2D eigenvalue weighted by atomic mass is 9.71. The normalized spacial score (nSPS) is 26.7. The van der Waals surface area contributed by atoms with Gasteiger partial charge in [-0.25, -0.2) is 0 Å². The number of Topliss-reactive ketones (excluding diaryl/α,β-unsaturated/α-hetero) is 1. The van der Waals surface area contributed by atoms with Gasteiger partial charge >= 0.3 is 0 Å². The van der Waals surface area contributed by atoms with Gasteiger partial charge in [-0.2, -0.15) is 0 Å². The van der Waals surface area contributed by atoms with E-state index >= 15 is 0 Å². The average molecular weight is 341 g/mol. The fraction of sp³-hybridized carbons (Fsp3) is 0.350. The Bertz CT molecular complexity index is 758. The fourth-order valence-electron chi connectivity index (χ4n) is 4.29. The van der Waals surface area contributed by atoms with Crippen LogP contribution in [-0.2, 0) is 11.3 Å². The van der Waals surface area contributed by atoms with Crippen molar-refractivity contribution >= 4 is 23.1 Å². The van der Waals surface area contributed by atoms with E-state index in [9.17, 15) is 4.79 Å². The van der Waals surface area contributed by atoms with Gasteiger partial charge in [0.2, 0.25) is 0 Å². The summed E-state index contributed by atoms with van der Waals surface area (Å²) in [5.41, 5.74) is 9.14. The molecule has 2 aromatic rings. The van der Waals surface area contributed by atoms with Gasteiger partial charge in [0.1, 0.15) is 5.78 Å². The Balaban J connectivity index is 1.69. The van der Waals surface area contributed by atoms with E-state index in [-0.39, 0.29) is 12.0 Å². The maximum Gasteiger partial charge on any atom is 0.139 e. The van der Waals surface area contributed by atoms with Crippen LogP contribution in [0.3, 0.4) is 0 Å². The van der Waals surface area contributed by atoms with Crippen molar-refractivity contribution in [1.29, 1.82) is 0 Å². The smallest absolute Gasteiger partial charge is 0.139 e. The zero-order chi connectivity index (χ0) is 16.7. The molecule has 0 spiro atoms. The van der Waals surface area contributed by atoms with Crippen molar-refractivity contribution in [1.82, 2.24) is 4.90 Å². The number of rotatable bonds is 3. The molecule has 1 aliphatic carbocycles. The number of nitrogen functional groups attached to an aromatic ring is 1. The van der Waals surface area contributed by atoms with E-state index < -0.39 is 0 Å². The molecule has 2 saturated heterocycles. The molecule has 3 atom stereocenters. The zero-order valence-electron chi connectivity index (χ0n) is 13.5. The lowest BCUT2D eigenvalue weighted by molar-refractivity contribution is -0.138. The highest BCUT2D eigenvalue weighted by molar-refractivity contribution is 6.30. The Kier molecular flexibility index (Phi) is 4.07. The minimum atomic E-state index is 0.0871. The summed E-state index contributed by atoms with van der Waals surface area (Å²) >= 11 is 6.01. The third kappa shape index (κ3) is 2.83. The molecule has 2 N–H and O–H groups in total. The largest absolute Gasteiger partial charge is 0.399 e. The predicted octanol–water partition coefficient (Wildman–Crippen LogP) is 4.22. The van der Waals surface area contributed by atoms with Crippen LogP contribution >= 0.6 is 11.6 Å². The summed E-state index contributed by atoms with van der Waals surface area (Å²) in [7, 11) is 0. The molecule has 2 aliphatic heterocycles. The Morgan fingerprint density at radius 1 is 1.12 bits per heavy atom. The summed E-state index contributed by atoms with van der Waals surface area (Å²) in [4.78, 5) is 15.0. The standard InChI is InChI=1S/C20H21ClN2O/c21-15-6-4-13(5-7-15)12-23-17-8-9-18(19(24)11-17)20(23)14-2-1-3-16(22)10-14/h1-7,10,17-18,20H,8-9,11-12,22H2. The van der Waals surface area contributed by atoms with Crippen molar-refractivity contribution in [3.63, 3.8) is 0 Å². The predicted molar refractivity (Wildman–Crippen MR) is 96.7 cm³/mol. The van der Waals surface area contributed by atoms with E-state index in [1.54, 1.807) is 0 Å². The molecule has 4 heteroatoms. The quantitative estimate of drug-likeness (QED) is 0.851. The van der Waals surface area contributed by atoms with Crippen molar-refractivity contribution in [3.05, 3.63) is 64.7 Å². The van der Waals surface area contributed by atoms with Crippen molar-refractivity contribution in [3.8, 4) is 0 Å². The van der Waals surface area contributed by atoms with Gasteiger partial charge in [0.15, 0.2) is 0 Å². The number of anilines is 1. The molecule has 2 bridgehead atoms. The molecule has 0 aromatic heterocycles. The van der Waals surface area contributed by atoms with Gasteiger partial charge in [-0.05, 0) is 48.2 Å². The number of halogens is 1. The van der Waals surface area contributed by atoms with Gasteiger partial charge in [0.05, 0.1) is 0 Å². The van der Waals surface area contributed by atoms with Gasteiger partial charge in [0, 0.05) is 41.7 Å². The molecule has 0 radical (unpaired) electrons. The Hall–Kier alpha value is -1.84. The molecule has 1 saturated carbocycles. The number of piperidine rings is 2. The van der Waals surface area contributed by atoms with Crippen LogP contribution in [0.15, 0.2) is 48.5 Å². The summed E-state index contributed by atoms with van der Waals surface area (Å²) in [5, 5.41) is 0.751. The number of benzene rings is 2. The second kappa shape index (κ2) is 6.23. The molecule has 3 aliphatic rings. The highest BCUT2D eigenvalue weighted by Crippen LogP contribution is 2.46. The number of nitrogens with zero attached hydrogens (tertiary/aromatic N) is 1. The molecule has 2 aromatic carbocycles. The summed E-state index contributed by atoms with van der Waals surface area (Å²) in [5.74, 6) is 0.495. The Morgan fingerprint density at radius 3 is 2.62 bits per heavy atom. The van der Waals surface area contributed by atoms with Crippen LogP contribution in [0.4, 0.5) is 5.69 Å². The van der Waals surface area contributed by atoms with Gasteiger partial charge in [-0.15, -0.1) is 0 Å². The molecule has 2 heterocycles. The highest BCUT2D eigenvalue weighted by Gasteiger charge is 2.46. The summed E-state index contributed by atoms with van der Waals surface area (Å²) in [6, 6.07) is 16.5. The number of carbonyl (C=O) groups is 1. The first-order valence-corrected chi connectivity index (χ1v) is 8.88. The van der Waals surface area contributed by atoms with Gasteiger partial charge in [0.25, 0.3) is 0 Å². The summed E-state index contributed by atoms with van der Waals surface area (Å²) in [6.07, 6.45) is 2.76. The molecule has 124 valence electrons. The van der Waals surface area contributed by atoms with Crippen LogP contribution in [0.25, 0.3) is 0 Å². The molecule has 5 rings (SSSR count). The number of hydrogen-bond donors (Lipinski definition) is 1. The van der Waals surface area contributed by atoms with Crippen molar-refractivity contribution in [2.24, 2.45) is 5.92 Å². The number of nitrogens with two attached hydrogens (primary N) is 1. The van der Waals surface area contributed by atoms with Gasteiger partial charge < -0.3 is 5.73 Å². The summed E-state index contributed by atoms with van der Waals surface area (Å²) < 4.78 is 0. The fourth-order valence-corrected chi connectivity index (χ4v) is 4.41. The molecular formula is C20H21ClN2O. The van der Waals surface area contributed by atoms with E-state index in [2.05, 4.69) is 23.1 Å². The number of ketones is 1. The maximum absolute atomic E-state index is 12.5.